The van der Waals surface area contributed by atoms with E-state index in [1.807, 2.05) is 12.1 Å². The van der Waals surface area contributed by atoms with E-state index in [0.29, 0.717) is 36.3 Å². The van der Waals surface area contributed by atoms with Gasteiger partial charge in [0.05, 0.1) is 20.1 Å². The van der Waals surface area contributed by atoms with E-state index < -0.39 is 12.0 Å². The number of anilines is 1. The van der Waals surface area contributed by atoms with E-state index in [9.17, 15) is 18.4 Å². The van der Waals surface area contributed by atoms with Gasteiger partial charge >= 0.3 is 6.11 Å². The van der Waals surface area contributed by atoms with Crippen molar-refractivity contribution < 1.29 is 32.6 Å². The number of ketones is 1. The first-order valence-corrected chi connectivity index (χ1v) is 12.9. The van der Waals surface area contributed by atoms with Crippen molar-refractivity contribution in [3.63, 3.8) is 0 Å². The van der Waals surface area contributed by atoms with Crippen LogP contribution in [0.15, 0.2) is 54.7 Å². The molecule has 38 heavy (non-hydrogen) atoms. The molecule has 1 aliphatic rings. The summed E-state index contributed by atoms with van der Waals surface area (Å²) >= 11 is 0. The number of carbonyl (C=O) groups excluding carboxylic acids is 2. The van der Waals surface area contributed by atoms with Crippen molar-refractivity contribution in [2.45, 2.75) is 25.4 Å². The minimum atomic E-state index is -3.34. The van der Waals surface area contributed by atoms with Crippen LogP contribution in [0.1, 0.15) is 35.2 Å². The number of nitrogens with zero attached hydrogens (tertiary/aromatic N) is 2. The summed E-state index contributed by atoms with van der Waals surface area (Å²) < 4.78 is 41.6. The van der Waals surface area contributed by atoms with E-state index in [-0.39, 0.29) is 29.8 Å². The van der Waals surface area contributed by atoms with Gasteiger partial charge in [0.25, 0.3) is 0 Å². The molecule has 2 aromatic carbocycles. The Morgan fingerprint density at radius 2 is 1.66 bits per heavy atom. The Kier molecular flexibility index (Phi) is 8.29. The fraction of sp³-hybridized carbons (Fsp3) is 0.296. The highest BCUT2D eigenvalue weighted by Crippen LogP contribution is 2.39. The molecule has 4 atom stereocenters. The van der Waals surface area contributed by atoms with Crippen molar-refractivity contribution >= 4 is 46.6 Å². The fourth-order valence-corrected chi connectivity index (χ4v) is 5.90. The zero-order valence-corrected chi connectivity index (χ0v) is 23.4. The Labute approximate surface area is 224 Å². The second-order valence-electron chi connectivity index (χ2n) is 9.00. The number of halogens is 2. The molecule has 0 spiro atoms. The highest BCUT2D eigenvalue weighted by atomic mass is 31.0. The van der Waals surface area contributed by atoms with E-state index in [1.54, 1.807) is 30.3 Å². The molecule has 0 N–H and O–H groups in total. The van der Waals surface area contributed by atoms with E-state index in [1.165, 1.54) is 31.4 Å². The molecular weight excluding hydrogens is 532 g/mol. The second-order valence-corrected chi connectivity index (χ2v) is 10.2. The van der Waals surface area contributed by atoms with Crippen molar-refractivity contribution in [2.75, 3.05) is 25.7 Å². The van der Waals surface area contributed by atoms with Gasteiger partial charge in [-0.3, -0.25) is 14.5 Å². The Morgan fingerprint density at radius 1 is 1.03 bits per heavy atom. The SMILES string of the molecule is COc1ccnc(N2C[C@@H](c3c(P)cc(OC)cc3P)[C@H](CC(=O)c3ccc(OC(C)(F)F)cc3)C2=O)c1. The lowest BCUT2D eigenvalue weighted by molar-refractivity contribution is -0.158. The number of aromatic nitrogens is 1. The molecule has 1 aliphatic heterocycles. The Hall–Kier alpha value is -3.15. The van der Waals surface area contributed by atoms with Gasteiger partial charge in [-0.05, 0) is 58.6 Å². The molecule has 1 fully saturated rings. The molecule has 200 valence electrons. The van der Waals surface area contributed by atoms with Crippen LogP contribution in [-0.4, -0.2) is 43.5 Å². The van der Waals surface area contributed by atoms with E-state index >= 15 is 0 Å². The zero-order valence-electron chi connectivity index (χ0n) is 21.1. The van der Waals surface area contributed by atoms with Crippen LogP contribution in [0.4, 0.5) is 14.6 Å². The summed E-state index contributed by atoms with van der Waals surface area (Å²) in [4.78, 5) is 33.0. The number of Topliss-reactive ketones (excluding diaryl/α,β-unsaturated/α-hetero) is 1. The molecule has 0 radical (unpaired) electrons. The Bertz CT molecular complexity index is 1330. The van der Waals surface area contributed by atoms with E-state index in [2.05, 4.69) is 28.2 Å². The number of amides is 1. The normalized spacial score (nSPS) is 17.4. The van der Waals surface area contributed by atoms with Crippen LogP contribution in [0.2, 0.25) is 0 Å². The van der Waals surface area contributed by atoms with Crippen LogP contribution in [0, 0.1) is 5.92 Å². The van der Waals surface area contributed by atoms with Gasteiger partial charge in [-0.2, -0.15) is 8.78 Å². The maximum Gasteiger partial charge on any atom is 0.394 e. The van der Waals surface area contributed by atoms with Crippen molar-refractivity contribution in [1.29, 1.82) is 0 Å². The third kappa shape index (κ3) is 6.11. The lowest BCUT2D eigenvalue weighted by Gasteiger charge is -2.21. The van der Waals surface area contributed by atoms with Gasteiger partial charge < -0.3 is 14.2 Å². The van der Waals surface area contributed by atoms with Crippen LogP contribution in [0.25, 0.3) is 0 Å². The fourth-order valence-electron chi connectivity index (χ4n) is 4.64. The molecule has 0 bridgehead atoms. The number of methoxy groups -OCH3 is 2. The molecule has 3 aromatic rings. The van der Waals surface area contributed by atoms with Crippen molar-refractivity contribution in [3.8, 4) is 17.2 Å². The zero-order chi connectivity index (χ0) is 27.6. The van der Waals surface area contributed by atoms with Gasteiger partial charge in [-0.25, -0.2) is 4.98 Å². The molecule has 1 saturated heterocycles. The topological polar surface area (TPSA) is 78.0 Å². The summed E-state index contributed by atoms with van der Waals surface area (Å²) in [5.41, 5.74) is 1.21. The minimum Gasteiger partial charge on any atom is -0.497 e. The smallest absolute Gasteiger partial charge is 0.394 e. The molecule has 1 aromatic heterocycles. The van der Waals surface area contributed by atoms with E-state index in [0.717, 1.165) is 16.2 Å². The van der Waals surface area contributed by atoms with Gasteiger partial charge in [0, 0.05) is 43.6 Å². The molecular formula is C27H28F2N2O5P2. The molecule has 0 saturated carbocycles. The maximum atomic E-state index is 13.8. The third-order valence-corrected chi connectivity index (χ3v) is 7.34. The maximum absolute atomic E-state index is 13.8. The number of rotatable bonds is 9. The standard InChI is InChI=1S/C27H28F2N2O5P2/c1-27(28,29)36-16-6-4-15(5-7-16)21(32)13-19-20(25-22(37)10-18(35-3)11-23(25)38)14-31(26(19)33)24-12-17(34-2)8-9-30-24/h4-12,19-20H,13-14,37-38H2,1-3H3/t19-,20+/m0/s1. The first kappa shape index (κ1) is 27.9. The number of ether oxygens (including phenoxy) is 3. The lowest BCUT2D eigenvalue weighted by atomic mass is 9.84. The van der Waals surface area contributed by atoms with Crippen molar-refractivity contribution in [1.82, 2.24) is 4.98 Å². The number of pyridine rings is 1. The predicted molar refractivity (Wildman–Crippen MR) is 148 cm³/mol. The number of carbonyl (C=O) groups is 2. The molecule has 2 heterocycles. The molecule has 0 aliphatic carbocycles. The minimum absolute atomic E-state index is 0.0577. The van der Waals surface area contributed by atoms with Gasteiger partial charge in [-0.15, -0.1) is 18.5 Å². The van der Waals surface area contributed by atoms with Gasteiger partial charge in [0.15, 0.2) is 5.78 Å². The summed E-state index contributed by atoms with van der Waals surface area (Å²) in [6, 6.07) is 12.6. The number of alkyl halides is 2. The predicted octanol–water partition coefficient (Wildman–Crippen LogP) is 4.11. The molecule has 11 heteroatoms. The lowest BCUT2D eigenvalue weighted by Crippen LogP contribution is -2.28. The first-order chi connectivity index (χ1) is 18.0. The quantitative estimate of drug-likeness (QED) is 0.290. The third-order valence-electron chi connectivity index (χ3n) is 6.38. The van der Waals surface area contributed by atoms with Crippen LogP contribution < -0.4 is 29.7 Å². The van der Waals surface area contributed by atoms with Crippen molar-refractivity contribution in [2.24, 2.45) is 5.92 Å². The van der Waals surface area contributed by atoms with Crippen LogP contribution in [-0.2, 0) is 4.79 Å². The largest absolute Gasteiger partial charge is 0.497 e. The van der Waals surface area contributed by atoms with Crippen molar-refractivity contribution in [3.05, 3.63) is 65.9 Å². The average molecular weight is 560 g/mol. The Balaban J connectivity index is 1.67. The number of benzene rings is 2. The van der Waals surface area contributed by atoms with Gasteiger partial charge in [0.1, 0.15) is 23.1 Å². The summed E-state index contributed by atoms with van der Waals surface area (Å²) in [6.45, 7) is 0.949. The number of hydrogen-bond donors (Lipinski definition) is 0. The monoisotopic (exact) mass is 560 g/mol. The number of hydrogen-bond acceptors (Lipinski definition) is 6. The summed E-state index contributed by atoms with van der Waals surface area (Å²) in [7, 11) is 8.50. The second kappa shape index (κ2) is 11.3. The summed E-state index contributed by atoms with van der Waals surface area (Å²) in [5.74, 6) is 0.0732. The Morgan fingerprint density at radius 3 is 2.24 bits per heavy atom. The molecule has 2 unspecified atom stereocenters. The van der Waals surface area contributed by atoms with E-state index in [4.69, 9.17) is 9.47 Å². The molecule has 1 amide bonds. The molecule has 7 nitrogen and oxygen atoms in total. The van der Waals surface area contributed by atoms with Gasteiger partial charge in [0.2, 0.25) is 5.91 Å². The highest BCUT2D eigenvalue weighted by Gasteiger charge is 2.44. The van der Waals surface area contributed by atoms with Crippen LogP contribution in [0.3, 0.4) is 0 Å². The van der Waals surface area contributed by atoms with Crippen LogP contribution in [0.5, 0.6) is 17.2 Å². The summed E-state index contributed by atoms with van der Waals surface area (Å²) in [6.07, 6.45) is -1.85. The van der Waals surface area contributed by atoms with Crippen LogP contribution >= 0.6 is 18.5 Å². The highest BCUT2D eigenvalue weighted by molar-refractivity contribution is 7.29. The average Bonchev–Trinajstić information content (AvgIpc) is 3.18. The first-order valence-electron chi connectivity index (χ1n) is 11.7. The van der Waals surface area contributed by atoms with Gasteiger partial charge in [-0.1, -0.05) is 0 Å². The summed E-state index contributed by atoms with van der Waals surface area (Å²) in [5, 5.41) is 1.71. The molecule has 4 rings (SSSR count).